The second-order valence-corrected chi connectivity index (χ2v) is 14.8. The Labute approximate surface area is 301 Å². The third-order valence-electron chi connectivity index (χ3n) is 9.90. The van der Waals surface area contributed by atoms with Crippen LogP contribution in [0, 0.1) is 11.8 Å². The number of ether oxygens (including phenoxy) is 5. The molecule has 2 aliphatic rings. The fraction of sp³-hybridized carbons (Fsp3) is 0.641. The lowest BCUT2D eigenvalue weighted by atomic mass is 9.75. The third kappa shape index (κ3) is 9.98. The van der Waals surface area contributed by atoms with Gasteiger partial charge < -0.3 is 33.7 Å². The molecule has 0 spiro atoms. The normalized spacial score (nSPS) is 38.3. The molecule has 0 bridgehead atoms. The first-order chi connectivity index (χ1) is 23.7. The number of rotatable bonds is 9. The summed E-state index contributed by atoms with van der Waals surface area (Å²) in [5.74, 6) is -5.58. The van der Waals surface area contributed by atoms with Gasteiger partial charge in [-0.1, -0.05) is 38.1 Å². The fourth-order valence-corrected chi connectivity index (χ4v) is 7.22. The van der Waals surface area contributed by atoms with Crippen molar-refractivity contribution in [3.63, 3.8) is 0 Å². The Kier molecular flexibility index (Phi) is 14.1. The molecule has 284 valence electrons. The van der Waals surface area contributed by atoms with Crippen molar-refractivity contribution in [2.45, 2.75) is 128 Å². The maximum absolute atomic E-state index is 16.9. The molecule has 0 amide bonds. The molecule has 1 aromatic carbocycles. The van der Waals surface area contributed by atoms with E-state index in [-0.39, 0.29) is 18.6 Å². The van der Waals surface area contributed by atoms with Crippen LogP contribution >= 0.6 is 0 Å². The summed E-state index contributed by atoms with van der Waals surface area (Å²) >= 11 is 0. The Hall–Kier alpha value is -3.29. The Morgan fingerprint density at radius 2 is 1.75 bits per heavy atom. The number of esters is 2. The molecule has 1 fully saturated rings. The van der Waals surface area contributed by atoms with Gasteiger partial charge in [0.05, 0.1) is 36.0 Å². The zero-order valence-electron chi connectivity index (χ0n) is 31.6. The summed E-state index contributed by atoms with van der Waals surface area (Å²) in [6, 6.07) is 8.03. The summed E-state index contributed by atoms with van der Waals surface area (Å²) in [6.45, 7) is 15.4. The summed E-state index contributed by atoms with van der Waals surface area (Å²) < 4.78 is 47.9. The minimum Gasteiger partial charge on any atom is -0.458 e. The second kappa shape index (κ2) is 17.0. The van der Waals surface area contributed by atoms with Gasteiger partial charge in [-0.15, -0.1) is 6.58 Å². The second-order valence-electron chi connectivity index (χ2n) is 14.8. The Balaban J connectivity index is 2.22. The predicted octanol–water partition coefficient (Wildman–Crippen LogP) is 5.19. The van der Waals surface area contributed by atoms with Gasteiger partial charge in [0.2, 0.25) is 0 Å². The topological polar surface area (TPSA) is 138 Å². The quantitative estimate of drug-likeness (QED) is 0.205. The van der Waals surface area contributed by atoms with E-state index in [2.05, 4.69) is 6.58 Å². The van der Waals surface area contributed by atoms with E-state index < -0.39 is 95.4 Å². The molecule has 0 aromatic heterocycles. The van der Waals surface area contributed by atoms with Crippen molar-refractivity contribution in [3.05, 3.63) is 60.2 Å². The summed E-state index contributed by atoms with van der Waals surface area (Å²) in [5, 5.41) is 11.3. The number of hydrogen-bond acceptors (Lipinski definition) is 11. The number of nitrogens with zero attached hydrogens (tertiary/aromatic N) is 1. The predicted molar refractivity (Wildman–Crippen MR) is 189 cm³/mol. The maximum atomic E-state index is 16.9. The largest absolute Gasteiger partial charge is 0.458 e. The maximum Gasteiger partial charge on any atom is 0.338 e. The highest BCUT2D eigenvalue weighted by Crippen LogP contribution is 2.40. The number of cyclic esters (lactones) is 1. The van der Waals surface area contributed by atoms with Gasteiger partial charge in [-0.2, -0.15) is 0 Å². The summed E-state index contributed by atoms with van der Waals surface area (Å²) in [7, 11) is 3.66. The molecule has 1 aromatic rings. The van der Waals surface area contributed by atoms with Crippen molar-refractivity contribution in [2.24, 2.45) is 11.8 Å². The number of ketones is 2. The fourth-order valence-electron chi connectivity index (χ4n) is 7.22. The van der Waals surface area contributed by atoms with E-state index in [4.69, 9.17) is 23.7 Å². The van der Waals surface area contributed by atoms with Crippen LogP contribution in [0.4, 0.5) is 4.39 Å². The molecule has 2 heterocycles. The van der Waals surface area contributed by atoms with Gasteiger partial charge in [-0.3, -0.25) is 14.4 Å². The standard InChI is InChI=1S/C39H56FNO10/c1-12-19-47-39(9)22-37(7,40)32(43)23(3)21-38(8,46)29(13-2)49-34(44)26(6)30(42)25(5)33(39)51-36-31(28(41(10)11)20-24(4)48-36)50-35(45)27-17-15-14-16-18-27/h12,14-18,21,24-26,28-29,31,33,36,46H,1,13,19-20,22H2,2-11H3/b23-21+/t24-,25+,26-,28+,29-,31-,33-,36+,37+,38+,39-/m1/s1. The molecule has 11 nitrogen and oxygen atoms in total. The Morgan fingerprint density at radius 1 is 1.12 bits per heavy atom. The van der Waals surface area contributed by atoms with E-state index in [0.717, 1.165) is 6.92 Å². The van der Waals surface area contributed by atoms with E-state index in [1.807, 2.05) is 25.9 Å². The van der Waals surface area contributed by atoms with Crippen molar-refractivity contribution in [3.8, 4) is 0 Å². The highest BCUT2D eigenvalue weighted by Gasteiger charge is 2.54. The van der Waals surface area contributed by atoms with Crippen LogP contribution in [0.3, 0.4) is 0 Å². The highest BCUT2D eigenvalue weighted by atomic mass is 19.1. The number of halogens is 1. The van der Waals surface area contributed by atoms with Crippen LogP contribution < -0.4 is 0 Å². The van der Waals surface area contributed by atoms with Crippen molar-refractivity contribution in [2.75, 3.05) is 20.7 Å². The van der Waals surface area contributed by atoms with E-state index in [9.17, 15) is 24.3 Å². The first-order valence-corrected chi connectivity index (χ1v) is 17.6. The molecule has 0 saturated carbocycles. The van der Waals surface area contributed by atoms with Crippen LogP contribution in [-0.4, -0.2) is 108 Å². The summed E-state index contributed by atoms with van der Waals surface area (Å²) in [6.07, 6.45) is -2.59. The number of Topliss-reactive ketones (excluding diaryl/α,β-unsaturated/α-hetero) is 2. The number of carbonyl (C=O) groups is 4. The minimum atomic E-state index is -2.60. The number of hydrogen-bond donors (Lipinski definition) is 1. The van der Waals surface area contributed by atoms with Crippen LogP contribution in [-0.2, 0) is 38.1 Å². The Bertz CT molecular complexity index is 1440. The summed E-state index contributed by atoms with van der Waals surface area (Å²) in [4.78, 5) is 56.8. The van der Waals surface area contributed by atoms with Crippen molar-refractivity contribution in [1.29, 1.82) is 0 Å². The van der Waals surface area contributed by atoms with Crippen LogP contribution in [0.2, 0.25) is 0 Å². The SMILES string of the molecule is C=CCO[C@]1(C)C[C@](C)(F)C(=O)/C(C)=C/[C@](C)(O)[C@@H](CC)OC(=O)[C@H](C)C(=O)[C@H](C)[C@H]1O[C@@H]1O[C@H](C)C[C@H](N(C)C)[C@H]1OC(=O)c1ccccc1. The molecular formula is C39H56FNO10. The molecule has 12 heteroatoms. The van der Waals surface area contributed by atoms with Gasteiger partial charge in [-0.05, 0) is 92.3 Å². The van der Waals surface area contributed by atoms with E-state index >= 15 is 4.39 Å². The molecule has 0 radical (unpaired) electrons. The van der Waals surface area contributed by atoms with Crippen LogP contribution in [0.5, 0.6) is 0 Å². The molecule has 0 unspecified atom stereocenters. The first kappa shape index (κ1) is 42.1. The number of allylic oxidation sites excluding steroid dienone is 1. The molecule has 1 N–H and O–H groups in total. The van der Waals surface area contributed by atoms with Gasteiger partial charge >= 0.3 is 11.9 Å². The average molecular weight is 718 g/mol. The number of aliphatic hydroxyl groups is 1. The zero-order valence-corrected chi connectivity index (χ0v) is 31.6. The molecule has 1 saturated heterocycles. The van der Waals surface area contributed by atoms with Crippen LogP contribution in [0.25, 0.3) is 0 Å². The van der Waals surface area contributed by atoms with Crippen molar-refractivity contribution < 1.29 is 52.4 Å². The van der Waals surface area contributed by atoms with Gasteiger partial charge in [0, 0.05) is 12.3 Å². The number of alkyl halides is 1. The molecule has 2 aliphatic heterocycles. The third-order valence-corrected chi connectivity index (χ3v) is 9.90. The summed E-state index contributed by atoms with van der Waals surface area (Å²) in [5.41, 5.74) is -5.98. The zero-order chi connectivity index (χ0) is 38.5. The Morgan fingerprint density at radius 3 is 2.31 bits per heavy atom. The number of likely N-dealkylation sites (N-methyl/N-ethyl adjacent to an activating group) is 1. The number of carbonyl (C=O) groups excluding carboxylic acids is 4. The lowest BCUT2D eigenvalue weighted by molar-refractivity contribution is -0.297. The molecule has 3 rings (SSSR count). The van der Waals surface area contributed by atoms with Crippen LogP contribution in [0.1, 0.15) is 85.0 Å². The van der Waals surface area contributed by atoms with Gasteiger partial charge in [0.1, 0.15) is 17.6 Å². The van der Waals surface area contributed by atoms with E-state index in [0.29, 0.717) is 12.0 Å². The lowest BCUT2D eigenvalue weighted by Gasteiger charge is -2.48. The highest BCUT2D eigenvalue weighted by molar-refractivity contribution is 6.02. The van der Waals surface area contributed by atoms with Crippen molar-refractivity contribution in [1.82, 2.24) is 4.90 Å². The smallest absolute Gasteiger partial charge is 0.338 e. The minimum absolute atomic E-state index is 0.0941. The average Bonchev–Trinajstić information content (AvgIpc) is 3.07. The van der Waals surface area contributed by atoms with E-state index in [1.54, 1.807) is 37.3 Å². The van der Waals surface area contributed by atoms with Gasteiger partial charge in [-0.25, -0.2) is 9.18 Å². The molecule has 0 aliphatic carbocycles. The van der Waals surface area contributed by atoms with Gasteiger partial charge in [0.15, 0.2) is 29.6 Å². The molecule has 11 atom stereocenters. The van der Waals surface area contributed by atoms with Crippen LogP contribution in [0.15, 0.2) is 54.6 Å². The monoisotopic (exact) mass is 717 g/mol. The number of benzene rings is 1. The molecule has 51 heavy (non-hydrogen) atoms. The van der Waals surface area contributed by atoms with Crippen molar-refractivity contribution >= 4 is 23.5 Å². The first-order valence-electron chi connectivity index (χ1n) is 17.6. The van der Waals surface area contributed by atoms with E-state index in [1.165, 1.54) is 46.8 Å². The molecular weight excluding hydrogens is 661 g/mol. The lowest BCUT2D eigenvalue weighted by Crippen LogP contribution is -2.61. The van der Waals surface area contributed by atoms with Gasteiger partial charge in [0.25, 0.3) is 0 Å².